The zero-order chi connectivity index (χ0) is 14.3. The monoisotopic (exact) mass is 279 g/mol. The molecule has 0 radical (unpaired) electrons. The fourth-order valence-electron chi connectivity index (χ4n) is 3.09. The molecule has 110 valence electrons. The van der Waals surface area contributed by atoms with Gasteiger partial charge >= 0.3 is 6.09 Å². The molecule has 20 heavy (non-hydrogen) atoms. The molecule has 1 amide bonds. The number of fused-ring (bicyclic) bond motifs is 2. The predicted octanol–water partition coefficient (Wildman–Crippen LogP) is 0.800. The molecule has 0 aliphatic carbocycles. The van der Waals surface area contributed by atoms with Gasteiger partial charge in [0.2, 0.25) is 0 Å². The number of hydrogen-bond donors (Lipinski definition) is 1. The highest BCUT2D eigenvalue weighted by atomic mass is 16.6. The van der Waals surface area contributed by atoms with Crippen molar-refractivity contribution in [2.24, 2.45) is 0 Å². The van der Waals surface area contributed by atoms with Gasteiger partial charge in [-0.05, 0) is 27.2 Å². The van der Waals surface area contributed by atoms with Crippen LogP contribution in [0.15, 0.2) is 12.7 Å². The lowest BCUT2D eigenvalue weighted by molar-refractivity contribution is 0.00836. The predicted molar refractivity (Wildman–Crippen MR) is 72.2 cm³/mol. The molecule has 2 bridgehead atoms. The van der Waals surface area contributed by atoms with Crippen LogP contribution in [-0.2, 0) is 4.74 Å². The maximum absolute atomic E-state index is 12.4. The molecule has 2 fully saturated rings. The molecule has 3 rings (SSSR count). The van der Waals surface area contributed by atoms with Crippen LogP contribution in [0.25, 0.3) is 0 Å². The molecule has 7 nitrogen and oxygen atoms in total. The van der Waals surface area contributed by atoms with Crippen molar-refractivity contribution in [2.45, 2.75) is 50.9 Å². The summed E-state index contributed by atoms with van der Waals surface area (Å²) in [5.74, 6) is 0. The molecule has 2 saturated heterocycles. The molecule has 2 aliphatic rings. The quantitative estimate of drug-likeness (QED) is 0.823. The summed E-state index contributed by atoms with van der Waals surface area (Å²) in [7, 11) is 0. The van der Waals surface area contributed by atoms with Gasteiger partial charge in [-0.15, -0.1) is 0 Å². The van der Waals surface area contributed by atoms with E-state index in [-0.39, 0.29) is 24.2 Å². The molecule has 2 aliphatic heterocycles. The van der Waals surface area contributed by atoms with E-state index in [2.05, 4.69) is 15.4 Å². The van der Waals surface area contributed by atoms with Crippen molar-refractivity contribution in [3.63, 3.8) is 0 Å². The molecule has 0 aromatic carbocycles. The third kappa shape index (κ3) is 2.37. The standard InChI is InChI=1S/C13H21N5O2/c1-13(2,3)20-12(19)18-9-4-10(11(18)6-14-5-9)17-8-15-7-16-17/h7-11,14H,4-6H2,1-3H3/t9-,10-,11-/m1/s1. The van der Waals surface area contributed by atoms with Gasteiger partial charge in [0, 0.05) is 13.1 Å². The number of nitrogens with one attached hydrogen (secondary N) is 1. The number of rotatable bonds is 1. The third-order valence-electron chi connectivity index (χ3n) is 3.82. The number of nitrogens with zero attached hydrogens (tertiary/aromatic N) is 4. The van der Waals surface area contributed by atoms with Crippen molar-refractivity contribution < 1.29 is 9.53 Å². The van der Waals surface area contributed by atoms with Gasteiger partial charge in [0.15, 0.2) is 0 Å². The van der Waals surface area contributed by atoms with E-state index in [1.807, 2.05) is 30.4 Å². The summed E-state index contributed by atoms with van der Waals surface area (Å²) >= 11 is 0. The first-order valence-electron chi connectivity index (χ1n) is 7.02. The van der Waals surface area contributed by atoms with Crippen molar-refractivity contribution in [3.8, 4) is 0 Å². The van der Waals surface area contributed by atoms with Crippen molar-refractivity contribution in [2.75, 3.05) is 13.1 Å². The molecular weight excluding hydrogens is 258 g/mol. The molecule has 0 unspecified atom stereocenters. The van der Waals surface area contributed by atoms with Crippen molar-refractivity contribution in [3.05, 3.63) is 12.7 Å². The maximum Gasteiger partial charge on any atom is 0.410 e. The van der Waals surface area contributed by atoms with Gasteiger partial charge in [-0.2, -0.15) is 5.10 Å². The van der Waals surface area contributed by atoms with Gasteiger partial charge < -0.3 is 10.1 Å². The minimum absolute atomic E-state index is 0.0744. The molecule has 1 N–H and O–H groups in total. The lowest BCUT2D eigenvalue weighted by Crippen LogP contribution is -2.56. The Morgan fingerprint density at radius 2 is 2.15 bits per heavy atom. The lowest BCUT2D eigenvalue weighted by Gasteiger charge is -2.37. The first-order valence-corrected chi connectivity index (χ1v) is 7.02. The third-order valence-corrected chi connectivity index (χ3v) is 3.82. The summed E-state index contributed by atoms with van der Waals surface area (Å²) in [4.78, 5) is 18.3. The van der Waals surface area contributed by atoms with Crippen molar-refractivity contribution >= 4 is 6.09 Å². The number of carbonyl (C=O) groups is 1. The van der Waals surface area contributed by atoms with Gasteiger partial charge in [0.05, 0.1) is 18.1 Å². The minimum Gasteiger partial charge on any atom is -0.444 e. The highest BCUT2D eigenvalue weighted by molar-refractivity contribution is 5.70. The van der Waals surface area contributed by atoms with Gasteiger partial charge in [-0.1, -0.05) is 0 Å². The molecule has 7 heteroatoms. The van der Waals surface area contributed by atoms with Crippen LogP contribution in [0.2, 0.25) is 0 Å². The SMILES string of the molecule is CC(C)(C)OC(=O)N1[C@H]2CNC[C@@H]1[C@H](n1cncn1)C2. The van der Waals surface area contributed by atoms with E-state index in [4.69, 9.17) is 4.74 Å². The molecule has 0 saturated carbocycles. The van der Waals surface area contributed by atoms with E-state index in [0.29, 0.717) is 0 Å². The van der Waals surface area contributed by atoms with Gasteiger partial charge in [0.25, 0.3) is 0 Å². The Morgan fingerprint density at radius 1 is 1.35 bits per heavy atom. The lowest BCUT2D eigenvalue weighted by atomic mass is 10.1. The Labute approximate surface area is 118 Å². The van der Waals surface area contributed by atoms with E-state index < -0.39 is 5.60 Å². The summed E-state index contributed by atoms with van der Waals surface area (Å²) in [6.07, 6.45) is 3.92. The molecule has 3 atom stereocenters. The van der Waals surface area contributed by atoms with Crippen LogP contribution >= 0.6 is 0 Å². The fraction of sp³-hybridized carbons (Fsp3) is 0.769. The van der Waals surface area contributed by atoms with Crippen LogP contribution in [0.4, 0.5) is 4.79 Å². The Morgan fingerprint density at radius 3 is 2.80 bits per heavy atom. The molecule has 1 aromatic rings. The maximum atomic E-state index is 12.4. The van der Waals surface area contributed by atoms with Crippen LogP contribution in [-0.4, -0.2) is 56.5 Å². The summed E-state index contributed by atoms with van der Waals surface area (Å²) in [6.45, 7) is 7.25. The second-order valence-electron chi connectivity index (χ2n) is 6.45. The highest BCUT2D eigenvalue weighted by Gasteiger charge is 2.48. The Balaban J connectivity index is 1.80. The second kappa shape index (κ2) is 4.73. The van der Waals surface area contributed by atoms with E-state index in [0.717, 1.165) is 19.5 Å². The molecule has 0 spiro atoms. The number of aromatic nitrogens is 3. The molecular formula is C13H21N5O2. The normalized spacial score (nSPS) is 29.6. The zero-order valence-corrected chi connectivity index (χ0v) is 12.1. The van der Waals surface area contributed by atoms with Crippen LogP contribution in [0.3, 0.4) is 0 Å². The van der Waals surface area contributed by atoms with E-state index in [1.54, 1.807) is 6.33 Å². The number of amides is 1. The first-order chi connectivity index (χ1) is 9.46. The number of piperazine rings is 1. The van der Waals surface area contributed by atoms with Crippen molar-refractivity contribution in [1.29, 1.82) is 0 Å². The van der Waals surface area contributed by atoms with Crippen molar-refractivity contribution in [1.82, 2.24) is 25.0 Å². The summed E-state index contributed by atoms with van der Waals surface area (Å²) in [5, 5.41) is 7.60. The molecule has 1 aromatic heterocycles. The molecule has 3 heterocycles. The number of carbonyl (C=O) groups excluding carboxylic acids is 1. The highest BCUT2D eigenvalue weighted by Crippen LogP contribution is 2.36. The Bertz CT molecular complexity index is 481. The number of hydrogen-bond acceptors (Lipinski definition) is 5. The van der Waals surface area contributed by atoms with Crippen LogP contribution < -0.4 is 5.32 Å². The van der Waals surface area contributed by atoms with Crippen LogP contribution in [0, 0.1) is 0 Å². The zero-order valence-electron chi connectivity index (χ0n) is 12.1. The average molecular weight is 279 g/mol. The Hall–Kier alpha value is -1.63. The average Bonchev–Trinajstić information content (AvgIpc) is 2.92. The van der Waals surface area contributed by atoms with Crippen LogP contribution in [0.1, 0.15) is 33.2 Å². The van der Waals surface area contributed by atoms with E-state index in [1.165, 1.54) is 6.33 Å². The minimum atomic E-state index is -0.468. The fourth-order valence-corrected chi connectivity index (χ4v) is 3.09. The van der Waals surface area contributed by atoms with Crippen LogP contribution in [0.5, 0.6) is 0 Å². The smallest absolute Gasteiger partial charge is 0.410 e. The summed E-state index contributed by atoms with van der Waals surface area (Å²) in [6, 6.07) is 0.410. The Kier molecular flexibility index (Phi) is 3.16. The van der Waals surface area contributed by atoms with Gasteiger partial charge in [-0.3, -0.25) is 4.90 Å². The summed E-state index contributed by atoms with van der Waals surface area (Å²) < 4.78 is 7.39. The van der Waals surface area contributed by atoms with Gasteiger partial charge in [-0.25, -0.2) is 14.5 Å². The van der Waals surface area contributed by atoms with E-state index >= 15 is 0 Å². The first kappa shape index (κ1) is 13.4. The second-order valence-corrected chi connectivity index (χ2v) is 6.45. The topological polar surface area (TPSA) is 72.3 Å². The van der Waals surface area contributed by atoms with E-state index in [9.17, 15) is 4.79 Å². The summed E-state index contributed by atoms with van der Waals surface area (Å²) in [5.41, 5.74) is -0.468. The largest absolute Gasteiger partial charge is 0.444 e. The van der Waals surface area contributed by atoms with Gasteiger partial charge in [0.1, 0.15) is 18.3 Å². The number of ether oxygens (including phenoxy) is 1.